The SMILES string of the molecule is C[C@H](N)C(=O)N[C@@H](C)C(=O)N[C@@]1(C(=O)O)CC[C@H]2[C@H](C(=O)O)[C@H]21.Cl. The molecule has 0 radical (unpaired) electrons. The molecular formula is C14H22ClN3O6. The molecule has 6 N–H and O–H groups in total. The minimum atomic E-state index is -1.59. The van der Waals surface area contributed by atoms with Crippen molar-refractivity contribution in [3.8, 4) is 0 Å². The van der Waals surface area contributed by atoms with Gasteiger partial charge in [-0.2, -0.15) is 0 Å². The number of hydrogen-bond acceptors (Lipinski definition) is 5. The fourth-order valence-corrected chi connectivity index (χ4v) is 3.49. The number of fused-ring (bicyclic) bond motifs is 1. The van der Waals surface area contributed by atoms with Gasteiger partial charge in [0, 0.05) is 5.92 Å². The Labute approximate surface area is 144 Å². The summed E-state index contributed by atoms with van der Waals surface area (Å²) in [5.74, 6) is -5.07. The van der Waals surface area contributed by atoms with Gasteiger partial charge in [0.1, 0.15) is 11.6 Å². The first kappa shape index (κ1) is 20.2. The Bertz CT molecular complexity index is 569. The maximum absolute atomic E-state index is 12.2. The van der Waals surface area contributed by atoms with Gasteiger partial charge in [-0.25, -0.2) is 4.79 Å². The maximum atomic E-state index is 12.2. The summed E-state index contributed by atoms with van der Waals surface area (Å²) in [7, 11) is 0. The molecule has 10 heteroatoms. The average Bonchev–Trinajstić information content (AvgIpc) is 3.07. The molecule has 2 aliphatic carbocycles. The monoisotopic (exact) mass is 363 g/mol. The Morgan fingerprint density at radius 3 is 2.17 bits per heavy atom. The number of hydrogen-bond donors (Lipinski definition) is 5. The van der Waals surface area contributed by atoms with E-state index in [9.17, 15) is 24.3 Å². The highest BCUT2D eigenvalue weighted by molar-refractivity contribution is 5.94. The Morgan fingerprint density at radius 2 is 1.75 bits per heavy atom. The minimum absolute atomic E-state index is 0. The Kier molecular flexibility index (Phi) is 5.83. The average molecular weight is 364 g/mol. The molecule has 0 bridgehead atoms. The lowest BCUT2D eigenvalue weighted by Gasteiger charge is -2.30. The zero-order chi connectivity index (χ0) is 17.5. The van der Waals surface area contributed by atoms with Gasteiger partial charge in [0.2, 0.25) is 11.8 Å². The predicted molar refractivity (Wildman–Crippen MR) is 84.4 cm³/mol. The maximum Gasteiger partial charge on any atom is 0.329 e. The van der Waals surface area contributed by atoms with Gasteiger partial charge in [0.25, 0.3) is 0 Å². The second kappa shape index (κ2) is 6.94. The van der Waals surface area contributed by atoms with Crippen LogP contribution in [0.4, 0.5) is 0 Å². The second-order valence-electron chi connectivity index (χ2n) is 6.38. The lowest BCUT2D eigenvalue weighted by molar-refractivity contribution is -0.150. The number of halogens is 1. The third-order valence-corrected chi connectivity index (χ3v) is 4.79. The standard InChI is InChI=1S/C14H21N3O6.ClH/c1-5(15)10(18)16-6(2)11(19)17-14(13(22)23)4-3-7-8(9(7)14)12(20)21;/h5-9H,3-4,15H2,1-2H3,(H,16,18)(H,17,19)(H,20,21)(H,22,23);1H/t5-,6-,7-,8-,9-,14-;/m0./s1. The van der Waals surface area contributed by atoms with Crippen molar-refractivity contribution in [3.63, 3.8) is 0 Å². The first-order valence-electron chi connectivity index (χ1n) is 7.46. The molecule has 0 aromatic rings. The van der Waals surface area contributed by atoms with E-state index in [1.165, 1.54) is 13.8 Å². The van der Waals surface area contributed by atoms with Crippen LogP contribution < -0.4 is 16.4 Å². The summed E-state index contributed by atoms with van der Waals surface area (Å²) in [6.45, 7) is 2.88. The third kappa shape index (κ3) is 3.32. The van der Waals surface area contributed by atoms with E-state index in [4.69, 9.17) is 10.8 Å². The number of rotatable bonds is 6. The summed E-state index contributed by atoms with van der Waals surface area (Å²) in [6.07, 6.45) is 0.621. The quantitative estimate of drug-likeness (QED) is 0.402. The van der Waals surface area contributed by atoms with E-state index in [2.05, 4.69) is 10.6 Å². The molecule has 0 aromatic carbocycles. The highest BCUT2D eigenvalue weighted by atomic mass is 35.5. The first-order chi connectivity index (χ1) is 10.6. The topological polar surface area (TPSA) is 159 Å². The molecule has 0 heterocycles. The van der Waals surface area contributed by atoms with Gasteiger partial charge in [0.15, 0.2) is 0 Å². The number of aliphatic carboxylic acids is 2. The zero-order valence-electron chi connectivity index (χ0n) is 13.3. The lowest BCUT2D eigenvalue weighted by atomic mass is 9.90. The number of carbonyl (C=O) groups excluding carboxylic acids is 2. The van der Waals surface area contributed by atoms with Crippen LogP contribution in [0.25, 0.3) is 0 Å². The molecule has 9 nitrogen and oxygen atoms in total. The van der Waals surface area contributed by atoms with E-state index >= 15 is 0 Å². The van der Waals surface area contributed by atoms with Crippen LogP contribution >= 0.6 is 12.4 Å². The molecule has 2 saturated carbocycles. The molecule has 0 spiro atoms. The van der Waals surface area contributed by atoms with Gasteiger partial charge in [-0.3, -0.25) is 14.4 Å². The van der Waals surface area contributed by atoms with Crippen molar-refractivity contribution in [2.45, 2.75) is 44.3 Å². The number of amides is 2. The molecule has 0 aliphatic heterocycles. The van der Waals surface area contributed by atoms with E-state index in [1.54, 1.807) is 0 Å². The summed E-state index contributed by atoms with van der Waals surface area (Å²) in [5, 5.41) is 23.5. The summed E-state index contributed by atoms with van der Waals surface area (Å²) in [4.78, 5) is 46.6. The van der Waals surface area contributed by atoms with Crippen LogP contribution in [0.3, 0.4) is 0 Å². The number of nitrogens with two attached hydrogens (primary N) is 1. The van der Waals surface area contributed by atoms with Gasteiger partial charge in [-0.1, -0.05) is 0 Å². The summed E-state index contributed by atoms with van der Waals surface area (Å²) in [6, 6.07) is -1.76. The first-order valence-corrected chi connectivity index (χ1v) is 7.46. The van der Waals surface area contributed by atoms with Gasteiger partial charge in [-0.15, -0.1) is 12.4 Å². The lowest BCUT2D eigenvalue weighted by Crippen LogP contribution is -2.60. The molecule has 6 atom stereocenters. The van der Waals surface area contributed by atoms with Crippen LogP contribution in [-0.4, -0.2) is 51.6 Å². The Morgan fingerprint density at radius 1 is 1.17 bits per heavy atom. The highest BCUT2D eigenvalue weighted by Crippen LogP contribution is 2.62. The number of nitrogens with one attached hydrogen (secondary N) is 2. The fourth-order valence-electron chi connectivity index (χ4n) is 3.49. The molecule has 0 unspecified atom stereocenters. The number of carboxylic acid groups (broad SMARTS) is 2. The smallest absolute Gasteiger partial charge is 0.329 e. The van der Waals surface area contributed by atoms with Gasteiger partial charge in [-0.05, 0) is 32.6 Å². The normalized spacial score (nSPS) is 32.5. The number of carboxylic acids is 2. The summed E-state index contributed by atoms with van der Waals surface area (Å²) >= 11 is 0. The van der Waals surface area contributed by atoms with Crippen molar-refractivity contribution in [1.29, 1.82) is 0 Å². The molecule has 2 amide bonds. The van der Waals surface area contributed by atoms with Crippen molar-refractivity contribution < 1.29 is 29.4 Å². The minimum Gasteiger partial charge on any atom is -0.481 e. The largest absolute Gasteiger partial charge is 0.481 e. The van der Waals surface area contributed by atoms with Crippen LogP contribution in [0.5, 0.6) is 0 Å². The Balaban J connectivity index is 0.00000288. The highest BCUT2D eigenvalue weighted by Gasteiger charge is 2.72. The molecule has 2 rings (SSSR count). The summed E-state index contributed by atoms with van der Waals surface area (Å²) < 4.78 is 0. The Hall–Kier alpha value is -1.87. The molecule has 2 fully saturated rings. The number of carbonyl (C=O) groups is 4. The van der Waals surface area contributed by atoms with Crippen LogP contribution in [0.1, 0.15) is 26.7 Å². The van der Waals surface area contributed by atoms with E-state index in [1.807, 2.05) is 0 Å². The van der Waals surface area contributed by atoms with Crippen molar-refractivity contribution >= 4 is 36.2 Å². The molecule has 2 aliphatic rings. The van der Waals surface area contributed by atoms with E-state index in [-0.39, 0.29) is 24.7 Å². The predicted octanol–water partition coefficient (Wildman–Crippen LogP) is -1.06. The van der Waals surface area contributed by atoms with Crippen molar-refractivity contribution in [3.05, 3.63) is 0 Å². The van der Waals surface area contributed by atoms with Crippen molar-refractivity contribution in [2.24, 2.45) is 23.5 Å². The third-order valence-electron chi connectivity index (χ3n) is 4.79. The summed E-state index contributed by atoms with van der Waals surface area (Å²) in [5.41, 5.74) is 3.81. The molecule has 0 aromatic heterocycles. The molecular weight excluding hydrogens is 342 g/mol. The van der Waals surface area contributed by atoms with Gasteiger partial charge in [0.05, 0.1) is 12.0 Å². The fraction of sp³-hybridized carbons (Fsp3) is 0.714. The van der Waals surface area contributed by atoms with Crippen molar-refractivity contribution in [1.82, 2.24) is 10.6 Å². The second-order valence-corrected chi connectivity index (χ2v) is 6.38. The van der Waals surface area contributed by atoms with E-state index in [0.29, 0.717) is 6.42 Å². The van der Waals surface area contributed by atoms with Crippen LogP contribution in [0.2, 0.25) is 0 Å². The van der Waals surface area contributed by atoms with Crippen molar-refractivity contribution in [2.75, 3.05) is 0 Å². The molecule has 136 valence electrons. The van der Waals surface area contributed by atoms with Crippen LogP contribution in [-0.2, 0) is 19.2 Å². The van der Waals surface area contributed by atoms with E-state index in [0.717, 1.165) is 0 Å². The molecule has 0 saturated heterocycles. The zero-order valence-corrected chi connectivity index (χ0v) is 14.1. The van der Waals surface area contributed by atoms with Crippen LogP contribution in [0.15, 0.2) is 0 Å². The van der Waals surface area contributed by atoms with Crippen LogP contribution in [0, 0.1) is 17.8 Å². The molecule has 24 heavy (non-hydrogen) atoms. The van der Waals surface area contributed by atoms with Gasteiger partial charge >= 0.3 is 11.9 Å². The van der Waals surface area contributed by atoms with E-state index < -0.39 is 53.2 Å². The van der Waals surface area contributed by atoms with Gasteiger partial charge < -0.3 is 26.6 Å².